The molecule has 34 heavy (non-hydrogen) atoms. The number of nitrogen functional groups attached to an aromatic ring is 1. The highest BCUT2D eigenvalue weighted by Crippen LogP contribution is 2.36. The lowest BCUT2D eigenvalue weighted by molar-refractivity contribution is 0.0938. The molecule has 3 aromatic heterocycles. The van der Waals surface area contributed by atoms with Crippen LogP contribution in [-0.2, 0) is 12.8 Å². The molecule has 3 aliphatic rings. The lowest BCUT2D eigenvalue weighted by atomic mass is 9.91. The van der Waals surface area contributed by atoms with Crippen molar-refractivity contribution < 1.29 is 9.18 Å². The number of fused-ring (bicyclic) bond motifs is 3. The number of amides is 1. The van der Waals surface area contributed by atoms with Crippen LogP contribution in [0.3, 0.4) is 0 Å². The Kier molecular flexibility index (Phi) is 5.18. The van der Waals surface area contributed by atoms with Crippen LogP contribution in [0.25, 0.3) is 10.2 Å². The third kappa shape index (κ3) is 3.51. The maximum absolute atomic E-state index is 15.1. The number of nitrogens with one attached hydrogen (secondary N) is 2. The van der Waals surface area contributed by atoms with Gasteiger partial charge >= 0.3 is 0 Å². The molecule has 5 heterocycles. The average molecular weight is 482 g/mol. The van der Waals surface area contributed by atoms with Crippen molar-refractivity contribution >= 4 is 39.0 Å². The van der Waals surface area contributed by atoms with Crippen molar-refractivity contribution in [3.05, 3.63) is 39.5 Å². The summed E-state index contributed by atoms with van der Waals surface area (Å²) in [6, 6.07) is 1.86. The number of pyridine rings is 1. The number of thiophene rings is 1. The van der Waals surface area contributed by atoms with Crippen LogP contribution in [0.15, 0.2) is 6.07 Å². The number of halogens is 1. The largest absolute Gasteiger partial charge is 0.397 e. The van der Waals surface area contributed by atoms with E-state index in [1.807, 2.05) is 13.8 Å². The Hall–Kier alpha value is -2.85. The summed E-state index contributed by atoms with van der Waals surface area (Å²) >= 11 is 1.29. The van der Waals surface area contributed by atoms with Gasteiger partial charge in [-0.1, -0.05) is 0 Å². The Labute approximate surface area is 201 Å². The summed E-state index contributed by atoms with van der Waals surface area (Å²) in [5, 5.41) is 7.27. The number of nitrogens with zero attached hydrogens (tertiary/aromatic N) is 4. The quantitative estimate of drug-likeness (QED) is 0.527. The van der Waals surface area contributed by atoms with E-state index in [4.69, 9.17) is 10.7 Å². The van der Waals surface area contributed by atoms with Gasteiger partial charge in [-0.3, -0.25) is 4.79 Å². The van der Waals surface area contributed by atoms with E-state index in [0.29, 0.717) is 47.0 Å². The number of nitrogens with two attached hydrogens (primary N) is 1. The SMILES string of the molecule is Cc1nc(C)c2c(N)c(C(=O)NC3CCc4nc(N5CCC6CNCC65)c(F)cc4C3)sc2n1. The van der Waals surface area contributed by atoms with Gasteiger partial charge in [0.2, 0.25) is 0 Å². The molecule has 0 spiro atoms. The summed E-state index contributed by atoms with van der Waals surface area (Å²) in [5.74, 6) is 1.24. The van der Waals surface area contributed by atoms with Crippen LogP contribution in [0, 0.1) is 25.6 Å². The minimum atomic E-state index is -0.267. The number of rotatable bonds is 3. The maximum atomic E-state index is 15.1. The average Bonchev–Trinajstić information content (AvgIpc) is 3.48. The van der Waals surface area contributed by atoms with E-state index in [9.17, 15) is 4.79 Å². The first kappa shape index (κ1) is 21.7. The Morgan fingerprint density at radius 3 is 2.97 bits per heavy atom. The summed E-state index contributed by atoms with van der Waals surface area (Å²) in [7, 11) is 0. The molecule has 0 bridgehead atoms. The summed E-state index contributed by atoms with van der Waals surface area (Å²) < 4.78 is 15.1. The first-order valence-electron chi connectivity index (χ1n) is 11.9. The molecule has 1 amide bonds. The third-order valence-electron chi connectivity index (χ3n) is 7.46. The van der Waals surface area contributed by atoms with E-state index in [1.165, 1.54) is 11.3 Å². The normalized spacial score (nSPS) is 23.9. The van der Waals surface area contributed by atoms with Crippen LogP contribution in [-0.4, -0.2) is 52.6 Å². The molecule has 0 radical (unpaired) electrons. The van der Waals surface area contributed by atoms with Gasteiger partial charge in [0.15, 0.2) is 11.6 Å². The fraction of sp³-hybridized carbons (Fsp3) is 0.500. The fourth-order valence-corrected chi connectivity index (χ4v) is 6.91. The molecule has 2 fully saturated rings. The second kappa shape index (κ2) is 8.13. The second-order valence-corrected chi connectivity index (χ2v) is 10.7. The monoisotopic (exact) mass is 481 g/mol. The van der Waals surface area contributed by atoms with E-state index in [0.717, 1.165) is 59.6 Å². The first-order valence-corrected chi connectivity index (χ1v) is 12.7. The van der Waals surface area contributed by atoms with Gasteiger partial charge in [-0.25, -0.2) is 19.3 Å². The molecule has 178 valence electrons. The van der Waals surface area contributed by atoms with Crippen LogP contribution in [0.5, 0.6) is 0 Å². The molecular weight excluding hydrogens is 453 g/mol. The number of aromatic nitrogens is 3. The van der Waals surface area contributed by atoms with E-state index < -0.39 is 0 Å². The number of aryl methyl sites for hydroxylation is 3. The highest BCUT2D eigenvalue weighted by molar-refractivity contribution is 7.21. The molecular formula is C24H28FN7OS. The topological polar surface area (TPSA) is 109 Å². The summed E-state index contributed by atoms with van der Waals surface area (Å²) in [4.78, 5) is 30.0. The van der Waals surface area contributed by atoms with Crippen molar-refractivity contribution in [1.29, 1.82) is 0 Å². The van der Waals surface area contributed by atoms with E-state index in [-0.39, 0.29) is 17.8 Å². The lowest BCUT2D eigenvalue weighted by Crippen LogP contribution is -2.39. The van der Waals surface area contributed by atoms with Crippen molar-refractivity contribution in [3.63, 3.8) is 0 Å². The highest BCUT2D eigenvalue weighted by atomic mass is 32.1. The molecule has 10 heteroatoms. The van der Waals surface area contributed by atoms with Gasteiger partial charge in [0.25, 0.3) is 5.91 Å². The Bertz CT molecular complexity index is 1310. The Morgan fingerprint density at radius 1 is 1.26 bits per heavy atom. The van der Waals surface area contributed by atoms with Crippen molar-refractivity contribution in [2.24, 2.45) is 5.92 Å². The smallest absolute Gasteiger partial charge is 0.263 e. The number of anilines is 2. The summed E-state index contributed by atoms with van der Waals surface area (Å²) in [6.07, 6.45) is 3.10. The van der Waals surface area contributed by atoms with Gasteiger partial charge in [-0.2, -0.15) is 0 Å². The number of hydrogen-bond acceptors (Lipinski definition) is 8. The van der Waals surface area contributed by atoms with Gasteiger partial charge in [-0.15, -0.1) is 11.3 Å². The number of carbonyl (C=O) groups is 1. The molecule has 2 saturated heterocycles. The van der Waals surface area contributed by atoms with E-state index in [1.54, 1.807) is 6.07 Å². The molecule has 6 rings (SSSR count). The predicted octanol–water partition coefficient (Wildman–Crippen LogP) is 2.51. The molecule has 8 nitrogen and oxygen atoms in total. The summed E-state index contributed by atoms with van der Waals surface area (Å²) in [5.41, 5.74) is 9.32. The van der Waals surface area contributed by atoms with E-state index >= 15 is 4.39 Å². The van der Waals surface area contributed by atoms with Crippen molar-refractivity contribution in [3.8, 4) is 0 Å². The molecule has 2 aliphatic heterocycles. The van der Waals surface area contributed by atoms with Crippen molar-refractivity contribution in [2.75, 3.05) is 30.3 Å². The molecule has 0 saturated carbocycles. The Balaban J connectivity index is 1.20. The first-order chi connectivity index (χ1) is 16.4. The molecule has 4 N–H and O–H groups in total. The van der Waals surface area contributed by atoms with Crippen LogP contribution < -0.4 is 21.3 Å². The molecule has 3 unspecified atom stereocenters. The van der Waals surface area contributed by atoms with Crippen LogP contribution in [0.2, 0.25) is 0 Å². The Morgan fingerprint density at radius 2 is 2.12 bits per heavy atom. The molecule has 1 aliphatic carbocycles. The third-order valence-corrected chi connectivity index (χ3v) is 8.56. The minimum Gasteiger partial charge on any atom is -0.397 e. The molecule has 3 atom stereocenters. The standard InChI is InChI=1S/C24H28FN7OS/c1-11-19-20(26)21(34-24(19)29-12(2)28-11)23(33)30-15-3-4-17-14(7-15)8-16(25)22(31-17)32-6-5-13-9-27-10-18(13)32/h8,13,15,18,27H,3-7,9-10,26H2,1-2H3,(H,30,33). The fourth-order valence-electron chi connectivity index (χ4n) is 5.81. The lowest BCUT2D eigenvalue weighted by Gasteiger charge is -2.29. The molecule has 0 aromatic carbocycles. The second-order valence-electron chi connectivity index (χ2n) is 9.66. The van der Waals surface area contributed by atoms with Crippen molar-refractivity contribution in [1.82, 2.24) is 25.6 Å². The van der Waals surface area contributed by atoms with E-state index in [2.05, 4.69) is 25.5 Å². The van der Waals surface area contributed by atoms with Gasteiger partial charge in [-0.05, 0) is 57.1 Å². The predicted molar refractivity (Wildman–Crippen MR) is 131 cm³/mol. The van der Waals surface area contributed by atoms with Gasteiger partial charge < -0.3 is 21.3 Å². The van der Waals surface area contributed by atoms with Crippen LogP contribution in [0.4, 0.5) is 15.9 Å². The van der Waals surface area contributed by atoms with Gasteiger partial charge in [0, 0.05) is 37.4 Å². The summed E-state index contributed by atoms with van der Waals surface area (Å²) in [6.45, 7) is 6.46. The zero-order valence-corrected chi connectivity index (χ0v) is 20.1. The zero-order valence-electron chi connectivity index (χ0n) is 19.3. The van der Waals surface area contributed by atoms with Crippen LogP contribution >= 0.6 is 11.3 Å². The van der Waals surface area contributed by atoms with Crippen molar-refractivity contribution in [2.45, 2.75) is 51.6 Å². The highest BCUT2D eigenvalue weighted by Gasteiger charge is 2.39. The van der Waals surface area contributed by atoms with Gasteiger partial charge in [0.1, 0.15) is 15.5 Å². The zero-order chi connectivity index (χ0) is 23.6. The van der Waals surface area contributed by atoms with Crippen LogP contribution in [0.1, 0.15) is 45.3 Å². The number of carbonyl (C=O) groups excluding carboxylic acids is 1. The van der Waals surface area contributed by atoms with Gasteiger partial charge in [0.05, 0.1) is 16.8 Å². The minimum absolute atomic E-state index is 0.0965. The molecule has 3 aromatic rings. The maximum Gasteiger partial charge on any atom is 0.263 e. The number of hydrogen-bond donors (Lipinski definition) is 3.